The molecule has 0 radical (unpaired) electrons. The highest BCUT2D eigenvalue weighted by Crippen LogP contribution is 2.33. The molecule has 1 amide bonds. The van der Waals surface area contributed by atoms with E-state index in [2.05, 4.69) is 4.90 Å². The van der Waals surface area contributed by atoms with Crippen molar-refractivity contribution in [3.05, 3.63) is 0 Å². The predicted molar refractivity (Wildman–Crippen MR) is 83.7 cm³/mol. The Morgan fingerprint density at radius 3 is 2.65 bits per heavy atom. The minimum atomic E-state index is -0.294. The molecule has 0 aromatic rings. The Balaban J connectivity index is 1.30. The Kier molecular flexibility index (Phi) is 4.85. The van der Waals surface area contributed by atoms with Gasteiger partial charge in [-0.3, -0.25) is 14.5 Å². The molecule has 0 aromatic carbocycles. The van der Waals surface area contributed by atoms with Gasteiger partial charge in [0.2, 0.25) is 0 Å². The molecular formula is C17H28N2O4. The van der Waals surface area contributed by atoms with Crippen LogP contribution >= 0.6 is 0 Å². The van der Waals surface area contributed by atoms with E-state index in [-0.39, 0.29) is 18.1 Å². The van der Waals surface area contributed by atoms with Crippen molar-refractivity contribution in [2.24, 2.45) is 5.92 Å². The molecule has 130 valence electrons. The highest BCUT2D eigenvalue weighted by Gasteiger charge is 2.43. The van der Waals surface area contributed by atoms with Crippen LogP contribution in [0.5, 0.6) is 0 Å². The van der Waals surface area contributed by atoms with Gasteiger partial charge in [0.1, 0.15) is 6.10 Å². The summed E-state index contributed by atoms with van der Waals surface area (Å²) < 4.78 is 11.6. The number of carbonyl (C=O) groups is 1. The molecule has 0 saturated carbocycles. The number of likely N-dealkylation sites (tertiary alicyclic amines) is 1. The molecule has 4 heterocycles. The van der Waals surface area contributed by atoms with Crippen LogP contribution in [0.1, 0.15) is 38.5 Å². The van der Waals surface area contributed by atoms with Crippen LogP contribution in [0.3, 0.4) is 0 Å². The Labute approximate surface area is 138 Å². The van der Waals surface area contributed by atoms with Crippen molar-refractivity contribution in [1.29, 1.82) is 0 Å². The SMILES string of the molecule is O=C([C@@H]1CC[C@@H]2[C@@H](CCN2CC2CCOCC2)O1)N1CCCO1. The molecule has 23 heavy (non-hydrogen) atoms. The van der Waals surface area contributed by atoms with E-state index in [9.17, 15) is 4.79 Å². The van der Waals surface area contributed by atoms with Crippen LogP contribution in [-0.4, -0.2) is 73.6 Å². The van der Waals surface area contributed by atoms with Crippen LogP contribution in [0.4, 0.5) is 0 Å². The maximum Gasteiger partial charge on any atom is 0.275 e. The lowest BCUT2D eigenvalue weighted by Crippen LogP contribution is -2.49. The van der Waals surface area contributed by atoms with E-state index in [0.29, 0.717) is 19.2 Å². The summed E-state index contributed by atoms with van der Waals surface area (Å²) in [5.41, 5.74) is 0. The van der Waals surface area contributed by atoms with Crippen LogP contribution in [-0.2, 0) is 19.1 Å². The van der Waals surface area contributed by atoms with E-state index < -0.39 is 0 Å². The van der Waals surface area contributed by atoms with Crippen molar-refractivity contribution in [3.63, 3.8) is 0 Å². The summed E-state index contributed by atoms with van der Waals surface area (Å²) in [5.74, 6) is 0.795. The lowest BCUT2D eigenvalue weighted by molar-refractivity contribution is -0.189. The molecule has 0 N–H and O–H groups in total. The molecule has 0 bridgehead atoms. The number of hydrogen-bond donors (Lipinski definition) is 0. The first-order chi connectivity index (χ1) is 11.3. The van der Waals surface area contributed by atoms with Gasteiger partial charge in [0, 0.05) is 32.3 Å². The molecule has 3 atom stereocenters. The van der Waals surface area contributed by atoms with E-state index in [1.807, 2.05) is 0 Å². The van der Waals surface area contributed by atoms with Gasteiger partial charge in [-0.25, -0.2) is 5.06 Å². The number of nitrogens with zero attached hydrogens (tertiary/aromatic N) is 2. The molecule has 0 spiro atoms. The maximum atomic E-state index is 12.4. The Hall–Kier alpha value is -0.690. The fourth-order valence-corrected chi connectivity index (χ4v) is 4.47. The third-order valence-electron chi connectivity index (χ3n) is 5.77. The summed E-state index contributed by atoms with van der Waals surface area (Å²) in [6.07, 6.45) is 6.17. The molecule has 0 aliphatic carbocycles. The minimum Gasteiger partial charge on any atom is -0.381 e. The Morgan fingerprint density at radius 1 is 1.00 bits per heavy atom. The predicted octanol–water partition coefficient (Wildman–Crippen LogP) is 1.20. The molecular weight excluding hydrogens is 296 g/mol. The number of hydrogen-bond acceptors (Lipinski definition) is 5. The topological polar surface area (TPSA) is 51.2 Å². The Morgan fingerprint density at radius 2 is 1.87 bits per heavy atom. The molecule has 4 fully saturated rings. The maximum absolute atomic E-state index is 12.4. The van der Waals surface area contributed by atoms with Gasteiger partial charge < -0.3 is 9.47 Å². The van der Waals surface area contributed by atoms with Gasteiger partial charge in [0.05, 0.1) is 19.3 Å². The minimum absolute atomic E-state index is 0.0313. The van der Waals surface area contributed by atoms with E-state index in [1.54, 1.807) is 0 Å². The number of rotatable bonds is 3. The summed E-state index contributed by atoms with van der Waals surface area (Å²) >= 11 is 0. The van der Waals surface area contributed by atoms with Crippen LogP contribution in [0.25, 0.3) is 0 Å². The fraction of sp³-hybridized carbons (Fsp3) is 0.941. The third kappa shape index (κ3) is 3.40. The van der Waals surface area contributed by atoms with Gasteiger partial charge in [-0.05, 0) is 44.4 Å². The van der Waals surface area contributed by atoms with E-state index in [1.165, 1.54) is 24.4 Å². The lowest BCUT2D eigenvalue weighted by atomic mass is 9.96. The zero-order valence-corrected chi connectivity index (χ0v) is 13.8. The van der Waals surface area contributed by atoms with Crippen molar-refractivity contribution in [2.75, 3.05) is 39.5 Å². The van der Waals surface area contributed by atoms with E-state index in [0.717, 1.165) is 51.4 Å². The average molecular weight is 324 g/mol. The van der Waals surface area contributed by atoms with Crippen LogP contribution in [0.2, 0.25) is 0 Å². The lowest BCUT2D eigenvalue weighted by Gasteiger charge is -2.37. The van der Waals surface area contributed by atoms with Gasteiger partial charge in [-0.1, -0.05) is 0 Å². The number of fused-ring (bicyclic) bond motifs is 1. The summed E-state index contributed by atoms with van der Waals surface area (Å²) in [5, 5.41) is 1.51. The van der Waals surface area contributed by atoms with Crippen molar-refractivity contribution < 1.29 is 19.1 Å². The quantitative estimate of drug-likeness (QED) is 0.781. The zero-order chi connectivity index (χ0) is 15.6. The average Bonchev–Trinajstić information content (AvgIpc) is 3.25. The van der Waals surface area contributed by atoms with Crippen LogP contribution in [0.15, 0.2) is 0 Å². The molecule has 4 rings (SSSR count). The van der Waals surface area contributed by atoms with Gasteiger partial charge in [0.15, 0.2) is 0 Å². The fourth-order valence-electron chi connectivity index (χ4n) is 4.47. The highest BCUT2D eigenvalue weighted by atomic mass is 16.7. The third-order valence-corrected chi connectivity index (χ3v) is 5.77. The summed E-state index contributed by atoms with van der Waals surface area (Å²) in [6, 6.07) is 0.501. The normalized spacial score (nSPS) is 36.3. The number of ether oxygens (including phenoxy) is 2. The number of hydroxylamine groups is 2. The van der Waals surface area contributed by atoms with Gasteiger partial charge in [-0.15, -0.1) is 0 Å². The summed E-state index contributed by atoms with van der Waals surface area (Å²) in [4.78, 5) is 20.4. The van der Waals surface area contributed by atoms with Gasteiger partial charge in [0.25, 0.3) is 5.91 Å². The first kappa shape index (κ1) is 15.8. The number of amides is 1. The molecule has 4 saturated heterocycles. The molecule has 0 unspecified atom stereocenters. The molecule has 6 heteroatoms. The Bertz CT molecular complexity index is 421. The van der Waals surface area contributed by atoms with E-state index in [4.69, 9.17) is 14.3 Å². The van der Waals surface area contributed by atoms with Crippen molar-refractivity contribution in [3.8, 4) is 0 Å². The van der Waals surface area contributed by atoms with Crippen LogP contribution in [0, 0.1) is 5.92 Å². The van der Waals surface area contributed by atoms with Gasteiger partial charge in [-0.2, -0.15) is 0 Å². The second kappa shape index (κ2) is 7.05. The van der Waals surface area contributed by atoms with Crippen molar-refractivity contribution >= 4 is 5.91 Å². The molecule has 4 aliphatic heterocycles. The van der Waals surface area contributed by atoms with Crippen LogP contribution < -0.4 is 0 Å². The summed E-state index contributed by atoms with van der Waals surface area (Å²) in [7, 11) is 0. The highest BCUT2D eigenvalue weighted by molar-refractivity contribution is 5.80. The summed E-state index contributed by atoms with van der Waals surface area (Å²) in [6.45, 7) is 5.46. The molecule has 0 aromatic heterocycles. The standard InChI is InChI=1S/C17H28N2O4/c20-17(19-7-1-9-22-19)16-3-2-14-15(23-16)4-8-18(14)12-13-5-10-21-11-6-13/h13-16H,1-12H2/t14-,15-,16+/m1/s1. The molecule has 6 nitrogen and oxygen atoms in total. The monoisotopic (exact) mass is 324 g/mol. The van der Waals surface area contributed by atoms with Gasteiger partial charge >= 0.3 is 0 Å². The first-order valence-corrected chi connectivity index (χ1v) is 9.23. The molecule has 4 aliphatic rings. The zero-order valence-electron chi connectivity index (χ0n) is 13.8. The van der Waals surface area contributed by atoms with Crippen molar-refractivity contribution in [1.82, 2.24) is 9.96 Å². The van der Waals surface area contributed by atoms with Crippen molar-refractivity contribution in [2.45, 2.75) is 56.8 Å². The second-order valence-corrected chi connectivity index (χ2v) is 7.27. The number of carbonyl (C=O) groups excluding carboxylic acids is 1. The largest absolute Gasteiger partial charge is 0.381 e. The second-order valence-electron chi connectivity index (χ2n) is 7.27. The smallest absolute Gasteiger partial charge is 0.275 e. The van der Waals surface area contributed by atoms with E-state index >= 15 is 0 Å². The first-order valence-electron chi connectivity index (χ1n) is 9.23.